The van der Waals surface area contributed by atoms with Crippen LogP contribution in [0.25, 0.3) is 0 Å². The van der Waals surface area contributed by atoms with Gasteiger partial charge in [-0.25, -0.2) is 0 Å². The zero-order valence-corrected chi connectivity index (χ0v) is 15.5. The van der Waals surface area contributed by atoms with Gasteiger partial charge in [0.25, 0.3) is 0 Å². The molecule has 0 radical (unpaired) electrons. The van der Waals surface area contributed by atoms with E-state index in [2.05, 4.69) is 40.8 Å². The van der Waals surface area contributed by atoms with E-state index in [9.17, 15) is 0 Å². The molecule has 23 heavy (non-hydrogen) atoms. The van der Waals surface area contributed by atoms with Crippen LogP contribution in [0.15, 0.2) is 0 Å². The summed E-state index contributed by atoms with van der Waals surface area (Å²) in [5.41, 5.74) is 1.06. The third kappa shape index (κ3) is 3.20. The van der Waals surface area contributed by atoms with E-state index < -0.39 is 0 Å². The molecular formula is C19H36N4. The first-order valence-electron chi connectivity index (χ1n) is 9.89. The van der Waals surface area contributed by atoms with Gasteiger partial charge in [0.05, 0.1) is 0 Å². The second-order valence-electron chi connectivity index (χ2n) is 9.62. The van der Waals surface area contributed by atoms with Gasteiger partial charge in [-0.05, 0) is 78.0 Å². The number of hydrogen-bond donors (Lipinski definition) is 1. The standard InChI is InChI=1S/C19H36N4/c1-18(2,3)23-14-17(15-23)22-12-16(13-22)21-10-6-19(7-11-21)4-8-20-9-5-19/h16-17,20H,4-15H2,1-3H3. The Morgan fingerprint density at radius 2 is 1.35 bits per heavy atom. The summed E-state index contributed by atoms with van der Waals surface area (Å²) in [6.07, 6.45) is 5.74. The van der Waals surface area contributed by atoms with Gasteiger partial charge in [-0.3, -0.25) is 14.7 Å². The normalized spacial score (nSPS) is 32.0. The zero-order chi connectivity index (χ0) is 16.1. The Balaban J connectivity index is 1.19. The molecule has 4 fully saturated rings. The monoisotopic (exact) mass is 320 g/mol. The van der Waals surface area contributed by atoms with Gasteiger partial charge in [0.15, 0.2) is 0 Å². The lowest BCUT2D eigenvalue weighted by Gasteiger charge is -2.58. The van der Waals surface area contributed by atoms with Gasteiger partial charge >= 0.3 is 0 Å². The predicted octanol–water partition coefficient (Wildman–Crippen LogP) is 1.62. The predicted molar refractivity (Wildman–Crippen MR) is 95.8 cm³/mol. The lowest BCUT2D eigenvalue weighted by molar-refractivity contribution is -0.0858. The first-order chi connectivity index (χ1) is 11.0. The van der Waals surface area contributed by atoms with Gasteiger partial charge in [-0.1, -0.05) is 0 Å². The summed E-state index contributed by atoms with van der Waals surface area (Å²) in [5.74, 6) is 0. The molecule has 0 aromatic rings. The molecule has 0 atom stereocenters. The van der Waals surface area contributed by atoms with Crippen molar-refractivity contribution < 1.29 is 0 Å². The van der Waals surface area contributed by atoms with Crippen molar-refractivity contribution in [1.29, 1.82) is 0 Å². The average Bonchev–Trinajstić information content (AvgIpc) is 2.41. The molecule has 4 heterocycles. The molecule has 0 saturated carbocycles. The number of likely N-dealkylation sites (tertiary alicyclic amines) is 3. The summed E-state index contributed by atoms with van der Waals surface area (Å²) < 4.78 is 0. The third-order valence-corrected chi connectivity index (χ3v) is 7.26. The fourth-order valence-corrected chi connectivity index (χ4v) is 5.07. The van der Waals surface area contributed by atoms with Crippen molar-refractivity contribution in [2.75, 3.05) is 52.4 Å². The van der Waals surface area contributed by atoms with Crippen LogP contribution in [-0.2, 0) is 0 Å². The van der Waals surface area contributed by atoms with Crippen LogP contribution in [0.5, 0.6) is 0 Å². The number of hydrogen-bond acceptors (Lipinski definition) is 4. The lowest BCUT2D eigenvalue weighted by Crippen LogP contribution is -2.72. The van der Waals surface area contributed by atoms with Gasteiger partial charge < -0.3 is 5.32 Å². The highest BCUT2D eigenvalue weighted by Gasteiger charge is 2.45. The molecule has 4 saturated heterocycles. The summed E-state index contributed by atoms with van der Waals surface area (Å²) >= 11 is 0. The quantitative estimate of drug-likeness (QED) is 0.834. The second kappa shape index (κ2) is 5.98. The van der Waals surface area contributed by atoms with Crippen LogP contribution < -0.4 is 5.32 Å². The molecule has 4 aliphatic heterocycles. The Labute approximate surface area is 142 Å². The van der Waals surface area contributed by atoms with Gasteiger partial charge in [0.2, 0.25) is 0 Å². The molecule has 4 heteroatoms. The van der Waals surface area contributed by atoms with Crippen LogP contribution in [0.4, 0.5) is 0 Å². The highest BCUT2D eigenvalue weighted by atomic mass is 15.4. The van der Waals surface area contributed by atoms with E-state index >= 15 is 0 Å². The van der Waals surface area contributed by atoms with Gasteiger partial charge in [-0.2, -0.15) is 0 Å². The highest BCUT2D eigenvalue weighted by molar-refractivity contribution is 5.01. The summed E-state index contributed by atoms with van der Waals surface area (Å²) in [7, 11) is 0. The molecule has 4 rings (SSSR count). The highest BCUT2D eigenvalue weighted by Crippen LogP contribution is 2.40. The molecule has 0 aliphatic carbocycles. The van der Waals surface area contributed by atoms with Crippen LogP contribution >= 0.6 is 0 Å². The van der Waals surface area contributed by atoms with Crippen molar-refractivity contribution in [3.05, 3.63) is 0 Å². The first-order valence-corrected chi connectivity index (χ1v) is 9.89. The van der Waals surface area contributed by atoms with E-state index in [0.717, 1.165) is 12.1 Å². The molecule has 4 nitrogen and oxygen atoms in total. The van der Waals surface area contributed by atoms with Crippen molar-refractivity contribution >= 4 is 0 Å². The molecule has 1 spiro atoms. The molecule has 4 aliphatic rings. The van der Waals surface area contributed by atoms with Crippen LogP contribution in [-0.4, -0.2) is 84.7 Å². The van der Waals surface area contributed by atoms with Crippen LogP contribution in [0, 0.1) is 5.41 Å². The lowest BCUT2D eigenvalue weighted by atomic mass is 9.71. The van der Waals surface area contributed by atoms with E-state index in [0.29, 0.717) is 11.0 Å². The maximum atomic E-state index is 3.53. The molecule has 0 aromatic heterocycles. The van der Waals surface area contributed by atoms with Gasteiger partial charge in [-0.15, -0.1) is 0 Å². The van der Waals surface area contributed by atoms with Crippen LogP contribution in [0.1, 0.15) is 46.5 Å². The van der Waals surface area contributed by atoms with Gasteiger partial charge in [0.1, 0.15) is 0 Å². The largest absolute Gasteiger partial charge is 0.317 e. The summed E-state index contributed by atoms with van der Waals surface area (Å²) in [6, 6.07) is 1.70. The smallest absolute Gasteiger partial charge is 0.0352 e. The number of nitrogens with zero attached hydrogens (tertiary/aromatic N) is 3. The zero-order valence-electron chi connectivity index (χ0n) is 15.5. The third-order valence-electron chi connectivity index (χ3n) is 7.26. The Morgan fingerprint density at radius 3 is 1.91 bits per heavy atom. The first kappa shape index (κ1) is 16.3. The fraction of sp³-hybridized carbons (Fsp3) is 1.00. The maximum Gasteiger partial charge on any atom is 0.0352 e. The topological polar surface area (TPSA) is 21.8 Å². The fourth-order valence-electron chi connectivity index (χ4n) is 5.07. The van der Waals surface area contributed by atoms with E-state index in [-0.39, 0.29) is 0 Å². The minimum absolute atomic E-state index is 0.358. The van der Waals surface area contributed by atoms with Crippen molar-refractivity contribution in [2.45, 2.75) is 64.1 Å². The summed E-state index contributed by atoms with van der Waals surface area (Å²) in [4.78, 5) is 8.17. The van der Waals surface area contributed by atoms with E-state index in [1.165, 1.54) is 78.0 Å². The Hall–Kier alpha value is -0.160. The number of rotatable bonds is 2. The van der Waals surface area contributed by atoms with E-state index in [1.54, 1.807) is 0 Å². The summed E-state index contributed by atoms with van der Waals surface area (Å²) in [5, 5.41) is 3.53. The second-order valence-corrected chi connectivity index (χ2v) is 9.62. The van der Waals surface area contributed by atoms with Crippen molar-refractivity contribution in [3.8, 4) is 0 Å². The molecule has 0 unspecified atom stereocenters. The molecular weight excluding hydrogens is 284 g/mol. The molecule has 0 bridgehead atoms. The molecule has 0 aromatic carbocycles. The average molecular weight is 321 g/mol. The SMILES string of the molecule is CC(C)(C)N1CC(N2CC(N3CCC4(CCNCC4)CC3)C2)C1. The van der Waals surface area contributed by atoms with Gasteiger partial charge in [0, 0.05) is 43.8 Å². The minimum Gasteiger partial charge on any atom is -0.317 e. The minimum atomic E-state index is 0.358. The Bertz CT molecular complexity index is 402. The molecule has 132 valence electrons. The molecule has 0 amide bonds. The van der Waals surface area contributed by atoms with E-state index in [4.69, 9.17) is 0 Å². The Morgan fingerprint density at radius 1 is 0.783 bits per heavy atom. The van der Waals surface area contributed by atoms with Crippen LogP contribution in [0.3, 0.4) is 0 Å². The van der Waals surface area contributed by atoms with Crippen molar-refractivity contribution in [1.82, 2.24) is 20.0 Å². The van der Waals surface area contributed by atoms with Crippen LogP contribution in [0.2, 0.25) is 0 Å². The van der Waals surface area contributed by atoms with Crippen molar-refractivity contribution in [2.24, 2.45) is 5.41 Å². The van der Waals surface area contributed by atoms with E-state index in [1.807, 2.05) is 0 Å². The summed E-state index contributed by atoms with van der Waals surface area (Å²) in [6.45, 7) is 17.5. The number of nitrogens with one attached hydrogen (secondary N) is 1. The number of piperidine rings is 2. The van der Waals surface area contributed by atoms with Crippen molar-refractivity contribution in [3.63, 3.8) is 0 Å². The Kier molecular flexibility index (Phi) is 4.24. The maximum absolute atomic E-state index is 3.53. The molecule has 1 N–H and O–H groups in total.